The maximum atomic E-state index is 6.51. The van der Waals surface area contributed by atoms with E-state index in [9.17, 15) is 0 Å². The van der Waals surface area contributed by atoms with Gasteiger partial charge in [0, 0.05) is 21.6 Å². The van der Waals surface area contributed by atoms with Gasteiger partial charge in [-0.25, -0.2) is 0 Å². The van der Waals surface area contributed by atoms with Gasteiger partial charge in [0.05, 0.1) is 0 Å². The lowest BCUT2D eigenvalue weighted by Crippen LogP contribution is -2.15. The van der Waals surface area contributed by atoms with Gasteiger partial charge in [0.15, 0.2) is 0 Å². The van der Waals surface area contributed by atoms with Crippen LogP contribution in [0.2, 0.25) is 0 Å². The minimum Gasteiger partial charge on any atom is -0.455 e. The van der Waals surface area contributed by atoms with Crippen LogP contribution in [-0.4, -0.2) is 0 Å². The van der Waals surface area contributed by atoms with Crippen LogP contribution < -0.4 is 0 Å². The summed E-state index contributed by atoms with van der Waals surface area (Å²) in [7, 11) is 0. The van der Waals surface area contributed by atoms with Crippen LogP contribution in [0.3, 0.4) is 0 Å². The molecule has 13 rings (SSSR count). The largest absolute Gasteiger partial charge is 0.455 e. The molecule has 0 bridgehead atoms. The molecule has 0 fully saturated rings. The van der Waals surface area contributed by atoms with Crippen LogP contribution in [0, 0.1) is 0 Å². The van der Waals surface area contributed by atoms with Crippen LogP contribution in [-0.2, 0) is 5.41 Å². The molecule has 1 heterocycles. The lowest BCUT2D eigenvalue weighted by molar-refractivity contribution is 0.660. The molecule has 1 heteroatoms. The van der Waals surface area contributed by atoms with Crippen LogP contribution in [0.25, 0.3) is 120 Å². The van der Waals surface area contributed by atoms with Crippen molar-refractivity contribution in [1.82, 2.24) is 0 Å². The predicted octanol–water partition coefficient (Wildman–Crippen LogP) is 16.7. The fourth-order valence-electron chi connectivity index (χ4n) is 10.8. The Balaban J connectivity index is 1.00. The molecule has 280 valence electrons. The smallest absolute Gasteiger partial charge is 0.143 e. The predicted molar refractivity (Wildman–Crippen MR) is 255 cm³/mol. The van der Waals surface area contributed by atoms with Crippen LogP contribution in [0.5, 0.6) is 0 Å². The summed E-state index contributed by atoms with van der Waals surface area (Å²) in [4.78, 5) is 0. The monoisotopic (exact) mass is 762 g/mol. The zero-order valence-corrected chi connectivity index (χ0v) is 33.4. The van der Waals surface area contributed by atoms with Gasteiger partial charge in [-0.05, 0) is 128 Å². The second kappa shape index (κ2) is 12.3. The van der Waals surface area contributed by atoms with E-state index in [1.54, 1.807) is 0 Å². The van der Waals surface area contributed by atoms with E-state index in [1.807, 2.05) is 6.07 Å². The number of fused-ring (bicyclic) bond motifs is 13. The van der Waals surface area contributed by atoms with Gasteiger partial charge in [0.1, 0.15) is 11.2 Å². The Kier molecular flexibility index (Phi) is 6.85. The summed E-state index contributed by atoms with van der Waals surface area (Å²) < 4.78 is 6.51. The topological polar surface area (TPSA) is 13.1 Å². The summed E-state index contributed by atoms with van der Waals surface area (Å²) in [6.07, 6.45) is 0. The van der Waals surface area contributed by atoms with E-state index in [2.05, 4.69) is 202 Å². The summed E-state index contributed by atoms with van der Waals surface area (Å²) in [5.41, 5.74) is 14.6. The van der Waals surface area contributed by atoms with Crippen LogP contribution >= 0.6 is 0 Å². The zero-order chi connectivity index (χ0) is 39.7. The van der Waals surface area contributed by atoms with Crippen molar-refractivity contribution >= 4 is 75.8 Å². The molecule has 0 unspecified atom stereocenters. The molecule has 0 N–H and O–H groups in total. The third kappa shape index (κ3) is 4.58. The third-order valence-electron chi connectivity index (χ3n) is 13.7. The minimum absolute atomic E-state index is 0.170. The van der Waals surface area contributed by atoms with E-state index < -0.39 is 0 Å². The molecule has 0 aliphatic heterocycles. The summed E-state index contributed by atoms with van der Waals surface area (Å²) in [5, 5.41) is 14.8. The highest BCUT2D eigenvalue weighted by molar-refractivity contribution is 6.22. The van der Waals surface area contributed by atoms with Gasteiger partial charge in [-0.15, -0.1) is 0 Å². The van der Waals surface area contributed by atoms with Crippen molar-refractivity contribution in [1.29, 1.82) is 0 Å². The van der Waals surface area contributed by atoms with E-state index in [1.165, 1.54) is 115 Å². The molecular formula is C59H38O. The molecule has 11 aromatic carbocycles. The average Bonchev–Trinajstić information content (AvgIpc) is 3.79. The van der Waals surface area contributed by atoms with Crippen molar-refractivity contribution in [3.63, 3.8) is 0 Å². The first-order valence-electron chi connectivity index (χ1n) is 21.0. The average molecular weight is 763 g/mol. The van der Waals surface area contributed by atoms with Crippen molar-refractivity contribution in [2.45, 2.75) is 19.3 Å². The van der Waals surface area contributed by atoms with Crippen LogP contribution in [0.15, 0.2) is 199 Å². The van der Waals surface area contributed by atoms with Crippen LogP contribution in [0.1, 0.15) is 25.0 Å². The summed E-state index contributed by atoms with van der Waals surface area (Å²) in [6, 6.07) is 72.0. The molecule has 0 saturated carbocycles. The fraction of sp³-hybridized carbons (Fsp3) is 0.0508. The Morgan fingerprint density at radius 3 is 1.73 bits per heavy atom. The third-order valence-corrected chi connectivity index (χ3v) is 13.7. The maximum absolute atomic E-state index is 6.51. The van der Waals surface area contributed by atoms with E-state index in [0.717, 1.165) is 16.6 Å². The maximum Gasteiger partial charge on any atom is 0.143 e. The molecule has 0 atom stereocenters. The molecule has 1 nitrogen and oxygen atoms in total. The van der Waals surface area contributed by atoms with Crippen molar-refractivity contribution < 1.29 is 4.42 Å². The summed E-state index contributed by atoms with van der Waals surface area (Å²) in [5.74, 6) is 0. The first kappa shape index (κ1) is 33.5. The summed E-state index contributed by atoms with van der Waals surface area (Å²) in [6.45, 7) is 4.76. The lowest BCUT2D eigenvalue weighted by atomic mass is 9.80. The summed E-state index contributed by atoms with van der Waals surface area (Å²) >= 11 is 0. The number of hydrogen-bond donors (Lipinski definition) is 0. The number of para-hydroxylation sites is 1. The first-order valence-corrected chi connectivity index (χ1v) is 21.0. The van der Waals surface area contributed by atoms with Gasteiger partial charge in [0.2, 0.25) is 0 Å². The minimum atomic E-state index is -0.170. The Morgan fingerprint density at radius 2 is 0.883 bits per heavy atom. The molecule has 1 aliphatic carbocycles. The molecule has 0 spiro atoms. The first-order chi connectivity index (χ1) is 29.5. The molecule has 1 aliphatic rings. The second-order valence-corrected chi connectivity index (χ2v) is 17.1. The number of rotatable bonds is 3. The van der Waals surface area contributed by atoms with Gasteiger partial charge in [-0.1, -0.05) is 184 Å². The zero-order valence-electron chi connectivity index (χ0n) is 33.4. The molecular weight excluding hydrogens is 725 g/mol. The van der Waals surface area contributed by atoms with Crippen molar-refractivity contribution in [3.8, 4) is 44.5 Å². The van der Waals surface area contributed by atoms with E-state index >= 15 is 0 Å². The van der Waals surface area contributed by atoms with E-state index in [4.69, 9.17) is 4.42 Å². The van der Waals surface area contributed by atoms with Gasteiger partial charge < -0.3 is 4.42 Å². The molecule has 0 amide bonds. The Labute approximate surface area is 347 Å². The van der Waals surface area contributed by atoms with Crippen molar-refractivity contribution in [2.24, 2.45) is 0 Å². The van der Waals surface area contributed by atoms with Crippen molar-refractivity contribution in [2.75, 3.05) is 0 Å². The SMILES string of the molecule is CC1(C)c2cc(-c3ccc(-c4c5ccccc5cc5c(-c6cccc7ccccc67)cccc45)c4ccccc34)ccc2-c2c1ccc1c2ccc2c3ccccc3oc12. The Bertz CT molecular complexity index is 3800. The van der Waals surface area contributed by atoms with E-state index in [-0.39, 0.29) is 5.41 Å². The van der Waals surface area contributed by atoms with Gasteiger partial charge in [0.25, 0.3) is 0 Å². The Hall–Kier alpha value is -7.48. The van der Waals surface area contributed by atoms with Crippen molar-refractivity contribution in [3.05, 3.63) is 205 Å². The van der Waals surface area contributed by atoms with E-state index in [0.29, 0.717) is 0 Å². The number of hydrogen-bond acceptors (Lipinski definition) is 1. The second-order valence-electron chi connectivity index (χ2n) is 17.1. The highest BCUT2D eigenvalue weighted by Gasteiger charge is 2.37. The number of furan rings is 1. The molecule has 1 aromatic heterocycles. The molecule has 0 radical (unpaired) electrons. The Morgan fingerprint density at radius 1 is 0.317 bits per heavy atom. The molecule has 12 aromatic rings. The quantitative estimate of drug-likeness (QED) is 0.163. The van der Waals surface area contributed by atoms with Gasteiger partial charge in [-0.3, -0.25) is 0 Å². The fourth-order valence-corrected chi connectivity index (χ4v) is 10.8. The lowest BCUT2D eigenvalue weighted by Gasteiger charge is -2.22. The molecule has 0 saturated heterocycles. The van der Waals surface area contributed by atoms with Crippen LogP contribution in [0.4, 0.5) is 0 Å². The standard InChI is InChI=1S/C59H38O/c1-59(2)53-32-31-50-48(29-30-49-45-20-9-10-24-55(45)60-58(49)50)57(53)51-26-25-37(34-54(51)59)39-27-28-47(43-19-8-7-18-41(39)43)56-40-17-6-4-14-36(40)33-52-44(22-12-23-46(52)56)42-21-11-15-35-13-3-5-16-38(35)42/h3-34H,1-2H3. The van der Waals surface area contributed by atoms with Gasteiger partial charge in [-0.2, -0.15) is 0 Å². The highest BCUT2D eigenvalue weighted by atomic mass is 16.3. The normalized spacial score (nSPS) is 13.3. The number of benzene rings is 11. The molecule has 60 heavy (non-hydrogen) atoms. The van der Waals surface area contributed by atoms with Gasteiger partial charge >= 0.3 is 0 Å². The highest BCUT2D eigenvalue weighted by Crippen LogP contribution is 2.54.